The van der Waals surface area contributed by atoms with Crippen molar-refractivity contribution in [2.75, 3.05) is 0 Å². The molecule has 1 aliphatic rings. The number of fused-ring (bicyclic) bond motifs is 9. The van der Waals surface area contributed by atoms with Gasteiger partial charge in [-0.05, 0) is 99.2 Å². The largest absolute Gasteiger partial charge is 0.213 e. The molecule has 1 aromatic heterocycles. The molecule has 0 N–H and O–H groups in total. The second kappa shape index (κ2) is 9.61. The van der Waals surface area contributed by atoms with E-state index in [1.807, 2.05) is 0 Å². The third-order valence-electron chi connectivity index (χ3n) is 8.46. The zero-order valence-electron chi connectivity index (χ0n) is 23.7. The normalized spacial score (nSPS) is 11.8. The van der Waals surface area contributed by atoms with Gasteiger partial charge in [0, 0.05) is 23.1 Å². The summed E-state index contributed by atoms with van der Waals surface area (Å²) in [5.41, 5.74) is 16.8. The Morgan fingerprint density at radius 2 is 1.00 bits per heavy atom. The van der Waals surface area contributed by atoms with Crippen LogP contribution < -0.4 is 4.57 Å². The first-order valence-corrected chi connectivity index (χ1v) is 14.3. The van der Waals surface area contributed by atoms with Crippen molar-refractivity contribution in [1.82, 2.24) is 0 Å². The number of hydrogen-bond acceptors (Lipinski definition) is 0. The Balaban J connectivity index is 1.51. The summed E-state index contributed by atoms with van der Waals surface area (Å²) >= 11 is 0. The first kappa shape index (κ1) is 24.5. The highest BCUT2D eigenvalue weighted by Crippen LogP contribution is 2.48. The van der Waals surface area contributed by atoms with Gasteiger partial charge in [0.25, 0.3) is 0 Å². The molecule has 0 amide bonds. The average Bonchev–Trinajstić information content (AvgIpc) is 2.97. The number of pyridine rings is 1. The van der Waals surface area contributed by atoms with Crippen LogP contribution in [0.15, 0.2) is 115 Å². The summed E-state index contributed by atoms with van der Waals surface area (Å²) in [5.74, 6) is 0.634. The van der Waals surface area contributed by atoms with Crippen molar-refractivity contribution in [3.63, 3.8) is 0 Å². The van der Waals surface area contributed by atoms with Gasteiger partial charge in [-0.25, -0.2) is 0 Å². The van der Waals surface area contributed by atoms with Gasteiger partial charge in [-0.3, -0.25) is 0 Å². The summed E-state index contributed by atoms with van der Waals surface area (Å²) in [6.07, 6.45) is 1.09. The van der Waals surface area contributed by atoms with E-state index in [1.54, 1.807) is 0 Å². The van der Waals surface area contributed by atoms with Gasteiger partial charge in [0.05, 0.1) is 0 Å². The fourth-order valence-corrected chi connectivity index (χ4v) is 6.59. The smallest absolute Gasteiger partial charge is 0.194 e. The summed E-state index contributed by atoms with van der Waals surface area (Å²) in [6, 6.07) is 43.0. The van der Waals surface area contributed by atoms with Crippen molar-refractivity contribution in [3.05, 3.63) is 126 Å². The van der Waals surface area contributed by atoms with Crippen LogP contribution in [0.4, 0.5) is 0 Å². The fourth-order valence-electron chi connectivity index (χ4n) is 6.59. The number of hydrogen-bond donors (Lipinski definition) is 0. The molecule has 0 radical (unpaired) electrons. The second-order valence-electron chi connectivity index (χ2n) is 11.6. The Bertz CT molecular complexity index is 1920. The SMILES string of the molecule is Cc1cc2c(cc1-c1ccc3ccc(CC(C)C)cc3[n+]1C)-c1ccccc1-c1ccccc1-c1ccccc1-2. The van der Waals surface area contributed by atoms with Crippen LogP contribution in [0.25, 0.3) is 66.7 Å². The maximum atomic E-state index is 2.44. The molecule has 0 bridgehead atoms. The summed E-state index contributed by atoms with van der Waals surface area (Å²) < 4.78 is 2.38. The van der Waals surface area contributed by atoms with Crippen molar-refractivity contribution in [1.29, 1.82) is 0 Å². The molecule has 1 heteroatoms. The molecule has 0 unspecified atom stereocenters. The molecule has 0 spiro atoms. The Morgan fingerprint density at radius 1 is 0.525 bits per heavy atom. The third-order valence-corrected chi connectivity index (χ3v) is 8.46. The zero-order valence-corrected chi connectivity index (χ0v) is 23.7. The monoisotopic (exact) mass is 516 g/mol. The summed E-state index contributed by atoms with van der Waals surface area (Å²) in [7, 11) is 2.21. The van der Waals surface area contributed by atoms with E-state index in [4.69, 9.17) is 0 Å². The minimum absolute atomic E-state index is 0.634. The summed E-state index contributed by atoms with van der Waals surface area (Å²) in [6.45, 7) is 6.84. The molecule has 40 heavy (non-hydrogen) atoms. The van der Waals surface area contributed by atoms with Crippen molar-refractivity contribution in [2.45, 2.75) is 27.2 Å². The summed E-state index contributed by atoms with van der Waals surface area (Å²) in [4.78, 5) is 0. The number of benzene rings is 5. The minimum Gasteiger partial charge on any atom is -0.194 e. The fraction of sp³-hybridized carbons (Fsp3) is 0.154. The maximum absolute atomic E-state index is 2.44. The second-order valence-corrected chi connectivity index (χ2v) is 11.6. The highest BCUT2D eigenvalue weighted by Gasteiger charge is 2.24. The van der Waals surface area contributed by atoms with Crippen LogP contribution in [-0.2, 0) is 13.5 Å². The van der Waals surface area contributed by atoms with Gasteiger partial charge in [-0.15, -0.1) is 0 Å². The van der Waals surface area contributed by atoms with E-state index in [1.165, 1.54) is 77.8 Å². The molecule has 0 aliphatic heterocycles. The van der Waals surface area contributed by atoms with E-state index in [9.17, 15) is 0 Å². The van der Waals surface area contributed by atoms with Gasteiger partial charge in [-0.1, -0.05) is 92.7 Å². The lowest BCUT2D eigenvalue weighted by atomic mass is 9.79. The van der Waals surface area contributed by atoms with Crippen molar-refractivity contribution >= 4 is 10.9 Å². The number of aromatic nitrogens is 1. The first-order chi connectivity index (χ1) is 19.5. The highest BCUT2D eigenvalue weighted by atomic mass is 14.9. The Kier molecular flexibility index (Phi) is 5.90. The lowest BCUT2D eigenvalue weighted by molar-refractivity contribution is -0.633. The molecule has 1 heterocycles. The molecule has 0 saturated carbocycles. The molecule has 0 saturated heterocycles. The van der Waals surface area contributed by atoms with Crippen molar-refractivity contribution < 1.29 is 4.57 Å². The standard InChI is InChI=1S/C39H34N/c1-25(2)21-27-17-18-28-19-20-38(40(4)39(28)23-27)35-24-37-34-16-10-8-14-32(34)30-12-6-5-11-29(30)31-13-7-9-15-33(31)36(37)22-26(35)3/h5-20,22-25H,21H2,1-4H3/q+1. The van der Waals surface area contributed by atoms with Gasteiger partial charge >= 0.3 is 0 Å². The van der Waals surface area contributed by atoms with E-state index < -0.39 is 0 Å². The molecular formula is C39H34N+. The molecular weight excluding hydrogens is 482 g/mol. The topological polar surface area (TPSA) is 3.88 Å². The van der Waals surface area contributed by atoms with Crippen molar-refractivity contribution in [3.8, 4) is 55.8 Å². The quantitative estimate of drug-likeness (QED) is 0.206. The Morgan fingerprint density at radius 3 is 1.52 bits per heavy atom. The van der Waals surface area contributed by atoms with Gasteiger partial charge in [0.1, 0.15) is 7.05 Å². The zero-order chi connectivity index (χ0) is 27.4. The molecule has 7 rings (SSSR count). The van der Waals surface area contributed by atoms with Gasteiger partial charge < -0.3 is 0 Å². The average molecular weight is 517 g/mol. The third kappa shape index (κ3) is 3.97. The maximum Gasteiger partial charge on any atom is 0.213 e. The first-order valence-electron chi connectivity index (χ1n) is 14.3. The molecule has 1 nitrogen and oxygen atoms in total. The predicted molar refractivity (Wildman–Crippen MR) is 169 cm³/mol. The van der Waals surface area contributed by atoms with Crippen molar-refractivity contribution in [2.24, 2.45) is 13.0 Å². The molecule has 1 aliphatic carbocycles. The van der Waals surface area contributed by atoms with Crippen LogP contribution in [0.1, 0.15) is 25.0 Å². The molecule has 0 fully saturated rings. The molecule has 5 aromatic carbocycles. The van der Waals surface area contributed by atoms with Gasteiger partial charge in [-0.2, -0.15) is 4.57 Å². The van der Waals surface area contributed by atoms with Crippen LogP contribution in [0.3, 0.4) is 0 Å². The van der Waals surface area contributed by atoms with Gasteiger partial charge in [0.15, 0.2) is 0 Å². The lowest BCUT2D eigenvalue weighted by Gasteiger charge is -2.24. The van der Waals surface area contributed by atoms with E-state index in [-0.39, 0.29) is 0 Å². The van der Waals surface area contributed by atoms with Crippen LogP contribution in [0, 0.1) is 12.8 Å². The summed E-state index contributed by atoms with van der Waals surface area (Å²) in [5, 5.41) is 1.28. The van der Waals surface area contributed by atoms with E-state index >= 15 is 0 Å². The number of aryl methyl sites for hydroxylation is 2. The molecule has 194 valence electrons. The molecule has 6 aromatic rings. The van der Waals surface area contributed by atoms with Crippen LogP contribution in [0.2, 0.25) is 0 Å². The highest BCUT2D eigenvalue weighted by molar-refractivity contribution is 6.04. The van der Waals surface area contributed by atoms with Crippen LogP contribution in [0.5, 0.6) is 0 Å². The minimum atomic E-state index is 0.634. The Labute approximate surface area is 237 Å². The Hall–Kier alpha value is -4.49. The van der Waals surface area contributed by atoms with Crippen LogP contribution >= 0.6 is 0 Å². The lowest BCUT2D eigenvalue weighted by Crippen LogP contribution is -2.32. The number of nitrogens with zero attached hydrogens (tertiary/aromatic N) is 1. The molecule has 0 atom stereocenters. The van der Waals surface area contributed by atoms with E-state index in [0.29, 0.717) is 5.92 Å². The van der Waals surface area contributed by atoms with Gasteiger partial charge in [0.2, 0.25) is 11.2 Å². The van der Waals surface area contributed by atoms with Crippen LogP contribution in [-0.4, -0.2) is 0 Å². The van der Waals surface area contributed by atoms with E-state index in [0.717, 1.165) is 6.42 Å². The predicted octanol–water partition coefficient (Wildman–Crippen LogP) is 9.82. The van der Waals surface area contributed by atoms with E-state index in [2.05, 4.69) is 148 Å². The number of rotatable bonds is 3.